The van der Waals surface area contributed by atoms with Gasteiger partial charge in [-0.05, 0) is 19.1 Å². The second kappa shape index (κ2) is 5.20. The van der Waals surface area contributed by atoms with Crippen LogP contribution in [0.1, 0.15) is 16.1 Å². The molecule has 0 saturated heterocycles. The zero-order chi connectivity index (χ0) is 14.8. The Kier molecular flexibility index (Phi) is 3.23. The second-order valence-corrected chi connectivity index (χ2v) is 4.71. The van der Waals surface area contributed by atoms with Crippen molar-refractivity contribution in [3.63, 3.8) is 0 Å². The van der Waals surface area contributed by atoms with E-state index in [-0.39, 0.29) is 11.6 Å². The maximum atomic E-state index is 12.0. The molecule has 3 rings (SSSR count). The van der Waals surface area contributed by atoms with Crippen LogP contribution in [0.15, 0.2) is 42.7 Å². The number of hydrogen-bond acceptors (Lipinski definition) is 4. The van der Waals surface area contributed by atoms with Gasteiger partial charge in [0, 0.05) is 19.3 Å². The standard InChI is InChI=1S/C14H14N6O/c1-10-3-5-11(6-4-10)20-9-12(16-18-20)14(21)15-13-7-8-19(2)17-13/h3-9H,1-2H3,(H,15,17,21). The van der Waals surface area contributed by atoms with Crippen molar-refractivity contribution >= 4 is 11.7 Å². The molecule has 0 radical (unpaired) electrons. The smallest absolute Gasteiger partial charge is 0.279 e. The zero-order valence-corrected chi connectivity index (χ0v) is 11.7. The van der Waals surface area contributed by atoms with E-state index in [0.29, 0.717) is 5.82 Å². The Morgan fingerprint density at radius 2 is 1.95 bits per heavy atom. The molecule has 0 bridgehead atoms. The molecule has 2 aromatic heterocycles. The Morgan fingerprint density at radius 3 is 2.62 bits per heavy atom. The molecule has 21 heavy (non-hydrogen) atoms. The van der Waals surface area contributed by atoms with Crippen molar-refractivity contribution in [2.45, 2.75) is 6.92 Å². The van der Waals surface area contributed by atoms with E-state index in [4.69, 9.17) is 0 Å². The average Bonchev–Trinajstić information content (AvgIpc) is 3.09. The van der Waals surface area contributed by atoms with E-state index in [9.17, 15) is 4.79 Å². The van der Waals surface area contributed by atoms with Crippen molar-refractivity contribution in [3.8, 4) is 5.69 Å². The fraction of sp³-hybridized carbons (Fsp3) is 0.143. The number of carbonyl (C=O) groups excluding carboxylic acids is 1. The van der Waals surface area contributed by atoms with E-state index in [0.717, 1.165) is 11.3 Å². The van der Waals surface area contributed by atoms with Crippen LogP contribution in [0, 0.1) is 6.92 Å². The molecule has 0 unspecified atom stereocenters. The van der Waals surface area contributed by atoms with Gasteiger partial charge < -0.3 is 5.32 Å². The number of nitrogens with one attached hydrogen (secondary N) is 1. The first-order valence-corrected chi connectivity index (χ1v) is 6.42. The van der Waals surface area contributed by atoms with E-state index < -0.39 is 0 Å². The monoisotopic (exact) mass is 282 g/mol. The first-order chi connectivity index (χ1) is 10.1. The third-order valence-corrected chi connectivity index (χ3v) is 2.98. The molecule has 2 heterocycles. The van der Waals surface area contributed by atoms with Crippen LogP contribution in [0.4, 0.5) is 5.82 Å². The van der Waals surface area contributed by atoms with Crippen molar-refractivity contribution in [2.75, 3.05) is 5.32 Å². The molecule has 1 aromatic carbocycles. The number of aromatic nitrogens is 5. The first kappa shape index (κ1) is 13.0. The molecule has 0 atom stereocenters. The quantitative estimate of drug-likeness (QED) is 0.791. The summed E-state index contributed by atoms with van der Waals surface area (Å²) in [6, 6.07) is 9.51. The van der Waals surface area contributed by atoms with Crippen LogP contribution in [0.25, 0.3) is 5.69 Å². The van der Waals surface area contributed by atoms with Gasteiger partial charge in [-0.25, -0.2) is 4.68 Å². The highest BCUT2D eigenvalue weighted by molar-refractivity contribution is 6.02. The summed E-state index contributed by atoms with van der Waals surface area (Å²) in [5, 5.41) is 14.6. The number of anilines is 1. The van der Waals surface area contributed by atoms with Gasteiger partial charge in [-0.2, -0.15) is 5.10 Å². The molecule has 7 nitrogen and oxygen atoms in total. The molecule has 0 aliphatic heterocycles. The van der Waals surface area contributed by atoms with Crippen LogP contribution >= 0.6 is 0 Å². The number of aryl methyl sites for hydroxylation is 2. The molecule has 1 N–H and O–H groups in total. The van der Waals surface area contributed by atoms with Crippen LogP contribution in [-0.2, 0) is 7.05 Å². The van der Waals surface area contributed by atoms with E-state index in [1.807, 2.05) is 31.2 Å². The summed E-state index contributed by atoms with van der Waals surface area (Å²) in [4.78, 5) is 12.0. The third-order valence-electron chi connectivity index (χ3n) is 2.98. The maximum Gasteiger partial charge on any atom is 0.279 e. The Bertz CT molecular complexity index is 771. The topological polar surface area (TPSA) is 77.6 Å². The largest absolute Gasteiger partial charge is 0.304 e. The number of rotatable bonds is 3. The molecule has 7 heteroatoms. The van der Waals surface area contributed by atoms with Crippen molar-refractivity contribution < 1.29 is 4.79 Å². The molecule has 3 aromatic rings. The van der Waals surface area contributed by atoms with Gasteiger partial charge in [0.25, 0.3) is 5.91 Å². The zero-order valence-electron chi connectivity index (χ0n) is 11.7. The Labute approximate surface area is 121 Å². The van der Waals surface area contributed by atoms with Crippen LogP contribution in [-0.4, -0.2) is 30.7 Å². The van der Waals surface area contributed by atoms with E-state index in [1.54, 1.807) is 34.9 Å². The van der Waals surface area contributed by atoms with Gasteiger partial charge in [0.15, 0.2) is 11.5 Å². The summed E-state index contributed by atoms with van der Waals surface area (Å²) in [7, 11) is 1.78. The minimum atomic E-state index is -0.341. The molecule has 0 aliphatic carbocycles. The van der Waals surface area contributed by atoms with E-state index >= 15 is 0 Å². The number of benzene rings is 1. The SMILES string of the molecule is Cc1ccc(-n2cc(C(=O)Nc3ccn(C)n3)nn2)cc1. The van der Waals surface area contributed by atoms with Crippen LogP contribution in [0.5, 0.6) is 0 Å². The number of carbonyl (C=O) groups is 1. The molecular weight excluding hydrogens is 268 g/mol. The normalized spacial score (nSPS) is 10.6. The van der Waals surface area contributed by atoms with E-state index in [2.05, 4.69) is 20.7 Å². The molecule has 1 amide bonds. The van der Waals surface area contributed by atoms with Gasteiger partial charge in [0.05, 0.1) is 11.9 Å². The lowest BCUT2D eigenvalue weighted by molar-refractivity contribution is 0.102. The third kappa shape index (κ3) is 2.81. The minimum Gasteiger partial charge on any atom is -0.304 e. The number of amides is 1. The number of hydrogen-bond donors (Lipinski definition) is 1. The molecule has 0 saturated carbocycles. The highest BCUT2D eigenvalue weighted by atomic mass is 16.2. The lowest BCUT2D eigenvalue weighted by Gasteiger charge is -1.99. The molecule has 0 fully saturated rings. The van der Waals surface area contributed by atoms with Crippen molar-refractivity contribution in [2.24, 2.45) is 7.05 Å². The summed E-state index contributed by atoms with van der Waals surface area (Å²) < 4.78 is 3.17. The van der Waals surface area contributed by atoms with Gasteiger partial charge in [0.2, 0.25) is 0 Å². The molecule has 0 aliphatic rings. The predicted octanol–water partition coefficient (Wildman–Crippen LogP) is 1.56. The van der Waals surface area contributed by atoms with Gasteiger partial charge >= 0.3 is 0 Å². The van der Waals surface area contributed by atoms with Gasteiger partial charge in [-0.3, -0.25) is 9.48 Å². The molecular formula is C14H14N6O. The summed E-state index contributed by atoms with van der Waals surface area (Å²) in [5.74, 6) is 0.138. The van der Waals surface area contributed by atoms with Crippen molar-refractivity contribution in [3.05, 3.63) is 54.0 Å². The van der Waals surface area contributed by atoms with E-state index in [1.165, 1.54) is 0 Å². The summed E-state index contributed by atoms with van der Waals surface area (Å²) >= 11 is 0. The molecule has 0 spiro atoms. The maximum absolute atomic E-state index is 12.0. The van der Waals surface area contributed by atoms with Crippen molar-refractivity contribution in [1.29, 1.82) is 0 Å². The summed E-state index contributed by atoms with van der Waals surface area (Å²) in [6.07, 6.45) is 3.34. The highest BCUT2D eigenvalue weighted by Crippen LogP contribution is 2.09. The molecule has 106 valence electrons. The van der Waals surface area contributed by atoms with Gasteiger partial charge in [-0.1, -0.05) is 22.9 Å². The Hall–Kier alpha value is -2.96. The Morgan fingerprint density at radius 1 is 1.19 bits per heavy atom. The van der Waals surface area contributed by atoms with Gasteiger partial charge in [-0.15, -0.1) is 5.10 Å². The fourth-order valence-corrected chi connectivity index (χ4v) is 1.85. The van der Waals surface area contributed by atoms with Crippen molar-refractivity contribution in [1.82, 2.24) is 24.8 Å². The predicted molar refractivity (Wildman–Crippen MR) is 77.3 cm³/mol. The van der Waals surface area contributed by atoms with Crippen LogP contribution < -0.4 is 5.32 Å². The van der Waals surface area contributed by atoms with Crippen LogP contribution in [0.3, 0.4) is 0 Å². The minimum absolute atomic E-state index is 0.237. The fourth-order valence-electron chi connectivity index (χ4n) is 1.85. The highest BCUT2D eigenvalue weighted by Gasteiger charge is 2.12. The lowest BCUT2D eigenvalue weighted by Crippen LogP contribution is -2.13. The second-order valence-electron chi connectivity index (χ2n) is 4.71. The lowest BCUT2D eigenvalue weighted by atomic mass is 10.2. The van der Waals surface area contributed by atoms with Crippen LogP contribution in [0.2, 0.25) is 0 Å². The summed E-state index contributed by atoms with van der Waals surface area (Å²) in [5.41, 5.74) is 2.25. The summed E-state index contributed by atoms with van der Waals surface area (Å²) in [6.45, 7) is 2.01. The van der Waals surface area contributed by atoms with Gasteiger partial charge in [0.1, 0.15) is 0 Å². The number of nitrogens with zero attached hydrogens (tertiary/aromatic N) is 5. The Balaban J connectivity index is 1.78. The average molecular weight is 282 g/mol. The first-order valence-electron chi connectivity index (χ1n) is 6.42.